The maximum atomic E-state index is 16.2. The zero-order chi connectivity index (χ0) is 27.2. The molecule has 202 valence electrons. The van der Waals surface area contributed by atoms with Crippen LogP contribution in [-0.2, 0) is 0 Å². The van der Waals surface area contributed by atoms with Crippen LogP contribution in [0.15, 0.2) is 55.0 Å². The lowest BCUT2D eigenvalue weighted by molar-refractivity contribution is 0.109. The van der Waals surface area contributed by atoms with Gasteiger partial charge in [-0.1, -0.05) is 19.3 Å². The largest absolute Gasteiger partial charge is 0.374 e. The maximum absolute atomic E-state index is 16.2. The second-order valence-corrected chi connectivity index (χ2v) is 11.7. The molecule has 1 aliphatic carbocycles. The average molecular weight is 554 g/mol. The molecule has 0 saturated heterocycles. The highest BCUT2D eigenvalue weighted by Crippen LogP contribution is 2.37. The van der Waals surface area contributed by atoms with Crippen molar-refractivity contribution in [2.45, 2.75) is 45.3 Å². The van der Waals surface area contributed by atoms with Gasteiger partial charge in [0, 0.05) is 44.8 Å². The van der Waals surface area contributed by atoms with Gasteiger partial charge < -0.3 is 15.4 Å². The van der Waals surface area contributed by atoms with Crippen molar-refractivity contribution >= 4 is 39.1 Å². The number of aryl methyl sites for hydroxylation is 1. The highest BCUT2D eigenvalue weighted by Gasteiger charge is 2.23. The Morgan fingerprint density at radius 2 is 1.95 bits per heavy atom. The van der Waals surface area contributed by atoms with Crippen LogP contribution in [-0.4, -0.2) is 41.5 Å². The van der Waals surface area contributed by atoms with E-state index in [1.807, 2.05) is 18.2 Å². The Bertz CT molecular complexity index is 1830. The zero-order valence-corrected chi connectivity index (χ0v) is 22.7. The minimum absolute atomic E-state index is 0.210. The van der Waals surface area contributed by atoms with E-state index < -0.39 is 12.0 Å². The van der Waals surface area contributed by atoms with Crippen molar-refractivity contribution in [3.05, 3.63) is 65.7 Å². The first-order chi connectivity index (χ1) is 19.5. The molecule has 1 saturated carbocycles. The number of aliphatic hydroxyl groups is 1. The number of nitrogens with zero attached hydrogens (tertiary/aromatic N) is 4. The van der Waals surface area contributed by atoms with Crippen molar-refractivity contribution in [1.82, 2.24) is 30.1 Å². The summed E-state index contributed by atoms with van der Waals surface area (Å²) in [5, 5.41) is 21.6. The number of H-pyrrole nitrogens is 2. The Balaban J connectivity index is 1.26. The van der Waals surface area contributed by atoms with Gasteiger partial charge in [0.2, 0.25) is 0 Å². The summed E-state index contributed by atoms with van der Waals surface area (Å²) in [7, 11) is 0. The molecule has 0 spiro atoms. The summed E-state index contributed by atoms with van der Waals surface area (Å²) in [5.41, 5.74) is 4.92. The van der Waals surface area contributed by atoms with Crippen molar-refractivity contribution in [2.75, 3.05) is 5.32 Å². The molecule has 7 rings (SSSR count). The molecule has 0 bridgehead atoms. The summed E-state index contributed by atoms with van der Waals surface area (Å²) in [6, 6.07) is 11.5. The summed E-state index contributed by atoms with van der Waals surface area (Å²) in [5.74, 6) is 0.229. The molecule has 5 aromatic heterocycles. The normalized spacial score (nSPS) is 15.2. The summed E-state index contributed by atoms with van der Waals surface area (Å²) in [6.45, 7) is 2.07. The van der Waals surface area contributed by atoms with Crippen LogP contribution in [0.2, 0.25) is 0 Å². The van der Waals surface area contributed by atoms with Crippen LogP contribution in [0.25, 0.3) is 55.2 Å². The van der Waals surface area contributed by atoms with E-state index in [9.17, 15) is 5.11 Å². The molecule has 1 unspecified atom stereocenters. The Kier molecular flexibility index (Phi) is 6.28. The lowest BCUT2D eigenvalue weighted by atomic mass is 9.88. The molecule has 1 fully saturated rings. The first-order valence-electron chi connectivity index (χ1n) is 13.5. The standard InChI is InChI=1S/C30H28FN7OS/c1-16-7-10-23(40-16)21-11-12-33-28-26(21)35-29(36-28)27-24-22(37-38-27)9-8-20(25(24)31)18-13-19(15-32-14-18)34-30(39)17-5-3-2-4-6-17/h7-15,17,30,34,39H,2-6H2,1H3,(H,37,38)(H,33,35,36). The Labute approximate surface area is 233 Å². The monoisotopic (exact) mass is 553 g/mol. The Hall–Kier alpha value is -4.15. The molecule has 1 atom stereocenters. The fraction of sp³-hybridized carbons (Fsp3) is 0.267. The predicted molar refractivity (Wildman–Crippen MR) is 156 cm³/mol. The van der Waals surface area contributed by atoms with E-state index in [0.29, 0.717) is 44.9 Å². The van der Waals surface area contributed by atoms with Crippen LogP contribution in [0.3, 0.4) is 0 Å². The van der Waals surface area contributed by atoms with Gasteiger partial charge in [-0.05, 0) is 56.2 Å². The van der Waals surface area contributed by atoms with E-state index in [2.05, 4.69) is 54.5 Å². The van der Waals surface area contributed by atoms with Gasteiger partial charge in [0.25, 0.3) is 0 Å². The molecule has 6 aromatic rings. The lowest BCUT2D eigenvalue weighted by Crippen LogP contribution is -2.30. The van der Waals surface area contributed by atoms with Crippen LogP contribution >= 0.6 is 11.3 Å². The van der Waals surface area contributed by atoms with E-state index in [1.54, 1.807) is 36.0 Å². The van der Waals surface area contributed by atoms with Crippen molar-refractivity contribution < 1.29 is 9.50 Å². The zero-order valence-electron chi connectivity index (χ0n) is 21.9. The highest BCUT2D eigenvalue weighted by atomic mass is 32.1. The molecule has 5 heterocycles. The van der Waals surface area contributed by atoms with E-state index in [-0.39, 0.29) is 5.92 Å². The van der Waals surface area contributed by atoms with Gasteiger partial charge in [0.15, 0.2) is 11.5 Å². The number of hydrogen-bond acceptors (Lipinski definition) is 7. The minimum atomic E-state index is -0.658. The van der Waals surface area contributed by atoms with Gasteiger partial charge in [-0.25, -0.2) is 14.4 Å². The number of fused-ring (bicyclic) bond motifs is 2. The first-order valence-corrected chi connectivity index (χ1v) is 14.4. The van der Waals surface area contributed by atoms with Crippen LogP contribution in [0.1, 0.15) is 37.0 Å². The summed E-state index contributed by atoms with van der Waals surface area (Å²) < 4.78 is 16.2. The third-order valence-corrected chi connectivity index (χ3v) is 8.78. The van der Waals surface area contributed by atoms with Crippen molar-refractivity contribution in [3.63, 3.8) is 0 Å². The van der Waals surface area contributed by atoms with Gasteiger partial charge in [-0.3, -0.25) is 10.1 Å². The number of hydrogen-bond donors (Lipinski definition) is 4. The third-order valence-electron chi connectivity index (χ3n) is 7.75. The number of thiophene rings is 1. The maximum Gasteiger partial charge on any atom is 0.178 e. The number of aromatic nitrogens is 6. The third kappa shape index (κ3) is 4.43. The summed E-state index contributed by atoms with van der Waals surface area (Å²) >= 11 is 1.70. The molecule has 40 heavy (non-hydrogen) atoms. The molecule has 8 nitrogen and oxygen atoms in total. The van der Waals surface area contributed by atoms with Crippen LogP contribution in [0.4, 0.5) is 10.1 Å². The summed E-state index contributed by atoms with van der Waals surface area (Å²) in [4.78, 5) is 19.1. The lowest BCUT2D eigenvalue weighted by Gasteiger charge is -2.27. The van der Waals surface area contributed by atoms with E-state index in [0.717, 1.165) is 41.6 Å². The highest BCUT2D eigenvalue weighted by molar-refractivity contribution is 7.15. The van der Waals surface area contributed by atoms with Crippen LogP contribution in [0.5, 0.6) is 0 Å². The van der Waals surface area contributed by atoms with Gasteiger partial charge >= 0.3 is 0 Å². The number of pyridine rings is 2. The van der Waals surface area contributed by atoms with Gasteiger partial charge in [-0.15, -0.1) is 11.3 Å². The number of anilines is 1. The molecular formula is C30H28FN7OS. The van der Waals surface area contributed by atoms with Crippen molar-refractivity contribution in [1.29, 1.82) is 0 Å². The van der Waals surface area contributed by atoms with Crippen molar-refractivity contribution in [2.24, 2.45) is 5.92 Å². The Morgan fingerprint density at radius 1 is 1.07 bits per heavy atom. The number of halogens is 1. The van der Waals surface area contributed by atoms with Crippen LogP contribution < -0.4 is 5.32 Å². The smallest absolute Gasteiger partial charge is 0.178 e. The van der Waals surface area contributed by atoms with E-state index in [4.69, 9.17) is 0 Å². The molecule has 4 N–H and O–H groups in total. The number of aliphatic hydroxyl groups excluding tert-OH is 1. The molecule has 0 amide bonds. The Morgan fingerprint density at radius 3 is 2.77 bits per heavy atom. The topological polar surface area (TPSA) is 115 Å². The second-order valence-electron chi connectivity index (χ2n) is 10.4. The number of aromatic amines is 2. The molecule has 0 aliphatic heterocycles. The van der Waals surface area contributed by atoms with Crippen LogP contribution in [0, 0.1) is 18.7 Å². The molecule has 0 radical (unpaired) electrons. The van der Waals surface area contributed by atoms with Gasteiger partial charge in [0.1, 0.15) is 17.7 Å². The molecule has 10 heteroatoms. The fourth-order valence-corrected chi connectivity index (χ4v) is 6.58. The molecule has 1 aliphatic rings. The van der Waals surface area contributed by atoms with Gasteiger partial charge in [-0.2, -0.15) is 5.10 Å². The summed E-state index contributed by atoms with van der Waals surface area (Å²) in [6.07, 6.45) is 9.85. The quantitative estimate of drug-likeness (QED) is 0.164. The number of nitrogens with one attached hydrogen (secondary N) is 3. The molecule has 1 aromatic carbocycles. The SMILES string of the molecule is Cc1ccc(-c2ccnc3nc(-c4n[nH]c5ccc(-c6cncc(NC(O)C7CCCCC7)c6)c(F)c45)[nH]c23)s1. The number of rotatable bonds is 6. The van der Waals surface area contributed by atoms with E-state index >= 15 is 4.39 Å². The number of benzene rings is 1. The first kappa shape index (κ1) is 24.9. The number of imidazole rings is 1. The van der Waals surface area contributed by atoms with Crippen molar-refractivity contribution in [3.8, 4) is 33.1 Å². The molecular weight excluding hydrogens is 525 g/mol. The predicted octanol–water partition coefficient (Wildman–Crippen LogP) is 7.05. The average Bonchev–Trinajstić information content (AvgIpc) is 3.72. The van der Waals surface area contributed by atoms with E-state index in [1.165, 1.54) is 11.3 Å². The van der Waals surface area contributed by atoms with Gasteiger partial charge in [0.05, 0.1) is 28.3 Å². The fourth-order valence-electron chi connectivity index (χ4n) is 5.68. The second kappa shape index (κ2) is 10.1. The minimum Gasteiger partial charge on any atom is -0.374 e.